The lowest BCUT2D eigenvalue weighted by atomic mass is 9.98. The summed E-state index contributed by atoms with van der Waals surface area (Å²) in [6, 6.07) is 11.4. The Morgan fingerprint density at radius 2 is 1.90 bits per heavy atom. The van der Waals surface area contributed by atoms with E-state index in [1.54, 1.807) is 0 Å². The van der Waals surface area contributed by atoms with E-state index in [1.165, 1.54) is 5.56 Å². The van der Waals surface area contributed by atoms with E-state index in [9.17, 15) is 0 Å². The molecule has 2 rings (SSSR count). The predicted molar refractivity (Wildman–Crippen MR) is 86.0 cm³/mol. The highest BCUT2D eigenvalue weighted by atomic mass is 15.3. The second kappa shape index (κ2) is 6.70. The first-order chi connectivity index (χ1) is 9.52. The lowest BCUT2D eigenvalue weighted by molar-refractivity contribution is 0.0673. The van der Waals surface area contributed by atoms with Gasteiger partial charge in [-0.25, -0.2) is 0 Å². The van der Waals surface area contributed by atoms with Gasteiger partial charge in [0.15, 0.2) is 0 Å². The lowest BCUT2D eigenvalue weighted by Crippen LogP contribution is -2.55. The molecule has 20 heavy (non-hydrogen) atoms. The zero-order valence-electron chi connectivity index (χ0n) is 13.4. The van der Waals surface area contributed by atoms with Gasteiger partial charge in [-0.1, -0.05) is 37.3 Å². The Morgan fingerprint density at radius 3 is 2.55 bits per heavy atom. The van der Waals surface area contributed by atoms with Crippen LogP contribution in [0.4, 0.5) is 0 Å². The van der Waals surface area contributed by atoms with Crippen LogP contribution in [0.3, 0.4) is 0 Å². The Balaban J connectivity index is 2.12. The van der Waals surface area contributed by atoms with Crippen LogP contribution in [0.1, 0.15) is 32.4 Å². The molecule has 1 fully saturated rings. The van der Waals surface area contributed by atoms with E-state index in [4.69, 9.17) is 0 Å². The SMILES string of the molecule is CCNC(C)(C)CN1CCN(C)CC1c1ccccc1. The highest BCUT2D eigenvalue weighted by Gasteiger charge is 2.30. The molecule has 1 heterocycles. The second-order valence-electron chi connectivity index (χ2n) is 6.57. The van der Waals surface area contributed by atoms with Crippen molar-refractivity contribution in [3.63, 3.8) is 0 Å². The summed E-state index contributed by atoms with van der Waals surface area (Å²) in [7, 11) is 2.22. The fourth-order valence-electron chi connectivity index (χ4n) is 3.18. The molecule has 0 amide bonds. The summed E-state index contributed by atoms with van der Waals surface area (Å²) in [5.41, 5.74) is 1.60. The molecular formula is C17H29N3. The van der Waals surface area contributed by atoms with Crippen molar-refractivity contribution in [3.05, 3.63) is 35.9 Å². The molecule has 3 nitrogen and oxygen atoms in total. The Hall–Kier alpha value is -0.900. The molecule has 0 aromatic heterocycles. The van der Waals surface area contributed by atoms with Crippen molar-refractivity contribution in [1.82, 2.24) is 15.1 Å². The summed E-state index contributed by atoms with van der Waals surface area (Å²) in [4.78, 5) is 5.08. The molecule has 1 aromatic carbocycles. The van der Waals surface area contributed by atoms with Crippen molar-refractivity contribution >= 4 is 0 Å². The fraction of sp³-hybridized carbons (Fsp3) is 0.647. The van der Waals surface area contributed by atoms with Gasteiger partial charge in [0.2, 0.25) is 0 Å². The number of benzene rings is 1. The Kier molecular flexibility index (Phi) is 5.19. The Bertz CT molecular complexity index is 402. The van der Waals surface area contributed by atoms with E-state index in [-0.39, 0.29) is 5.54 Å². The van der Waals surface area contributed by atoms with E-state index in [0.29, 0.717) is 6.04 Å². The molecule has 1 aliphatic rings. The second-order valence-corrected chi connectivity index (χ2v) is 6.57. The monoisotopic (exact) mass is 275 g/mol. The largest absolute Gasteiger partial charge is 0.311 e. The molecule has 1 atom stereocenters. The van der Waals surface area contributed by atoms with Gasteiger partial charge in [0.1, 0.15) is 0 Å². The summed E-state index contributed by atoms with van der Waals surface area (Å²) in [5, 5.41) is 3.60. The number of rotatable bonds is 5. The van der Waals surface area contributed by atoms with Crippen LogP contribution in [0.25, 0.3) is 0 Å². The van der Waals surface area contributed by atoms with Gasteiger partial charge < -0.3 is 10.2 Å². The zero-order valence-corrected chi connectivity index (χ0v) is 13.4. The molecular weight excluding hydrogens is 246 g/mol. The van der Waals surface area contributed by atoms with Crippen molar-refractivity contribution in [2.75, 3.05) is 39.8 Å². The van der Waals surface area contributed by atoms with Gasteiger partial charge in [-0.2, -0.15) is 0 Å². The summed E-state index contributed by atoms with van der Waals surface area (Å²) >= 11 is 0. The summed E-state index contributed by atoms with van der Waals surface area (Å²) in [5.74, 6) is 0. The first kappa shape index (κ1) is 15.5. The molecule has 0 radical (unpaired) electrons. The summed E-state index contributed by atoms with van der Waals surface area (Å²) in [6.07, 6.45) is 0. The van der Waals surface area contributed by atoms with Crippen molar-refractivity contribution in [1.29, 1.82) is 0 Å². The average molecular weight is 275 g/mol. The smallest absolute Gasteiger partial charge is 0.0476 e. The lowest BCUT2D eigenvalue weighted by Gasteiger charge is -2.44. The van der Waals surface area contributed by atoms with Crippen LogP contribution in [-0.4, -0.2) is 55.1 Å². The van der Waals surface area contributed by atoms with Gasteiger partial charge in [0.05, 0.1) is 0 Å². The number of hydrogen-bond acceptors (Lipinski definition) is 3. The Morgan fingerprint density at radius 1 is 1.20 bits per heavy atom. The molecule has 1 aromatic rings. The average Bonchev–Trinajstić information content (AvgIpc) is 2.41. The van der Waals surface area contributed by atoms with Gasteiger partial charge >= 0.3 is 0 Å². The maximum Gasteiger partial charge on any atom is 0.0476 e. The van der Waals surface area contributed by atoms with Gasteiger partial charge in [0.25, 0.3) is 0 Å². The quantitative estimate of drug-likeness (QED) is 0.890. The van der Waals surface area contributed by atoms with E-state index < -0.39 is 0 Å². The van der Waals surface area contributed by atoms with Crippen LogP contribution in [-0.2, 0) is 0 Å². The minimum Gasteiger partial charge on any atom is -0.311 e. The van der Waals surface area contributed by atoms with Crippen LogP contribution >= 0.6 is 0 Å². The maximum absolute atomic E-state index is 3.60. The minimum absolute atomic E-state index is 0.164. The van der Waals surface area contributed by atoms with Crippen molar-refractivity contribution in [3.8, 4) is 0 Å². The van der Waals surface area contributed by atoms with E-state index >= 15 is 0 Å². The normalized spacial score (nSPS) is 22.1. The highest BCUT2D eigenvalue weighted by Crippen LogP contribution is 2.26. The van der Waals surface area contributed by atoms with Crippen molar-refractivity contribution in [2.24, 2.45) is 0 Å². The molecule has 0 spiro atoms. The summed E-state index contributed by atoms with van der Waals surface area (Å²) in [6.45, 7) is 12.3. The zero-order chi connectivity index (χ0) is 14.6. The molecule has 1 unspecified atom stereocenters. The molecule has 0 bridgehead atoms. The van der Waals surface area contributed by atoms with Gasteiger partial charge in [0, 0.05) is 37.8 Å². The number of nitrogens with zero attached hydrogens (tertiary/aromatic N) is 2. The fourth-order valence-corrected chi connectivity index (χ4v) is 3.18. The number of likely N-dealkylation sites (N-methyl/N-ethyl adjacent to an activating group) is 2. The van der Waals surface area contributed by atoms with E-state index in [0.717, 1.165) is 32.7 Å². The van der Waals surface area contributed by atoms with Gasteiger partial charge in [-0.3, -0.25) is 4.90 Å². The summed E-state index contributed by atoms with van der Waals surface area (Å²) < 4.78 is 0. The minimum atomic E-state index is 0.164. The molecule has 0 aliphatic carbocycles. The van der Waals surface area contributed by atoms with Crippen molar-refractivity contribution in [2.45, 2.75) is 32.4 Å². The van der Waals surface area contributed by atoms with Crippen LogP contribution < -0.4 is 5.32 Å². The first-order valence-corrected chi connectivity index (χ1v) is 7.74. The molecule has 3 heteroatoms. The van der Waals surface area contributed by atoms with Crippen LogP contribution in [0.15, 0.2) is 30.3 Å². The van der Waals surface area contributed by atoms with E-state index in [1.807, 2.05) is 0 Å². The first-order valence-electron chi connectivity index (χ1n) is 7.74. The third kappa shape index (κ3) is 4.05. The highest BCUT2D eigenvalue weighted by molar-refractivity contribution is 5.20. The van der Waals surface area contributed by atoms with Crippen LogP contribution in [0.5, 0.6) is 0 Å². The predicted octanol–water partition coefficient (Wildman–Crippen LogP) is 2.36. The number of hydrogen-bond donors (Lipinski definition) is 1. The van der Waals surface area contributed by atoms with Crippen LogP contribution in [0.2, 0.25) is 0 Å². The molecule has 0 saturated carbocycles. The third-order valence-corrected chi connectivity index (χ3v) is 4.13. The number of piperazine rings is 1. The third-order valence-electron chi connectivity index (χ3n) is 4.13. The molecule has 112 valence electrons. The standard InChI is InChI=1S/C17H29N3/c1-5-18-17(2,3)14-20-12-11-19(4)13-16(20)15-9-7-6-8-10-15/h6-10,16,18H,5,11-14H2,1-4H3. The van der Waals surface area contributed by atoms with Crippen LogP contribution in [0, 0.1) is 0 Å². The van der Waals surface area contributed by atoms with Gasteiger partial charge in [-0.15, -0.1) is 0 Å². The molecule has 1 saturated heterocycles. The van der Waals surface area contributed by atoms with E-state index in [2.05, 4.69) is 73.3 Å². The van der Waals surface area contributed by atoms with Crippen molar-refractivity contribution < 1.29 is 0 Å². The molecule has 1 aliphatic heterocycles. The number of nitrogens with one attached hydrogen (secondary N) is 1. The maximum atomic E-state index is 3.60. The molecule has 1 N–H and O–H groups in total. The topological polar surface area (TPSA) is 18.5 Å². The van der Waals surface area contributed by atoms with Gasteiger partial charge in [-0.05, 0) is 33.0 Å². The Labute approximate surface area is 124 Å².